The zero-order valence-electron chi connectivity index (χ0n) is 12.4. The fraction of sp³-hybridized carbons (Fsp3) is 0.125. The van der Waals surface area contributed by atoms with Crippen LogP contribution in [-0.4, -0.2) is 36.3 Å². The summed E-state index contributed by atoms with van der Waals surface area (Å²) in [5, 5.41) is 22.7. The molecule has 2 heterocycles. The van der Waals surface area contributed by atoms with Crippen LogP contribution in [0.4, 0.5) is 0 Å². The van der Waals surface area contributed by atoms with E-state index >= 15 is 0 Å². The van der Waals surface area contributed by atoms with E-state index in [1.165, 1.54) is 11.9 Å². The van der Waals surface area contributed by atoms with Crippen LogP contribution in [0.2, 0.25) is 0 Å². The Morgan fingerprint density at radius 2 is 2.04 bits per heavy atom. The van der Waals surface area contributed by atoms with Gasteiger partial charge in [0.25, 0.3) is 0 Å². The van der Waals surface area contributed by atoms with Crippen molar-refractivity contribution < 1.29 is 9.90 Å². The van der Waals surface area contributed by atoms with Gasteiger partial charge in [-0.2, -0.15) is 10.2 Å². The molecule has 116 valence electrons. The van der Waals surface area contributed by atoms with Gasteiger partial charge in [-0.15, -0.1) is 0 Å². The fourth-order valence-corrected chi connectivity index (χ4v) is 2.09. The van der Waals surface area contributed by atoms with Crippen LogP contribution < -0.4 is 0 Å². The van der Waals surface area contributed by atoms with Gasteiger partial charge in [0, 0.05) is 12.5 Å². The first kappa shape index (κ1) is 14.7. The second-order valence-corrected chi connectivity index (χ2v) is 5.15. The lowest BCUT2D eigenvalue weighted by atomic mass is 10.1. The average molecular weight is 309 g/mol. The number of aryl methyl sites for hydroxylation is 1. The fourth-order valence-electron chi connectivity index (χ4n) is 2.09. The predicted molar refractivity (Wildman–Crippen MR) is 83.9 cm³/mol. The molecule has 0 radical (unpaired) electrons. The highest BCUT2D eigenvalue weighted by atomic mass is 16.3. The first-order valence-corrected chi connectivity index (χ1v) is 7.03. The number of aromatic nitrogens is 5. The van der Waals surface area contributed by atoms with E-state index in [-0.39, 0.29) is 11.6 Å². The van der Waals surface area contributed by atoms with Crippen LogP contribution in [0.5, 0.6) is 0 Å². The monoisotopic (exact) mass is 309 g/mol. The molecule has 7 heteroatoms. The Balaban J connectivity index is 1.72. The highest BCUT2D eigenvalue weighted by Crippen LogP contribution is 2.12. The first-order valence-electron chi connectivity index (χ1n) is 7.03. The summed E-state index contributed by atoms with van der Waals surface area (Å²) in [6.07, 6.45) is 3.01. The Morgan fingerprint density at radius 1 is 1.26 bits per heavy atom. The summed E-state index contributed by atoms with van der Waals surface area (Å²) >= 11 is 0. The molecule has 2 aromatic heterocycles. The van der Waals surface area contributed by atoms with Gasteiger partial charge in [0.1, 0.15) is 12.0 Å². The van der Waals surface area contributed by atoms with Gasteiger partial charge < -0.3 is 5.11 Å². The van der Waals surface area contributed by atoms with Crippen LogP contribution in [-0.2, 0) is 6.42 Å². The third-order valence-electron chi connectivity index (χ3n) is 3.31. The molecular weight excluding hydrogens is 294 g/mol. The second kappa shape index (κ2) is 6.27. The molecule has 0 atom stereocenters. The predicted octanol–water partition coefficient (Wildman–Crippen LogP) is 2.21. The topological polar surface area (TPSA) is 108 Å². The molecule has 0 unspecified atom stereocenters. The molecule has 0 aliphatic carbocycles. The zero-order chi connectivity index (χ0) is 16.2. The standard InChI is InChI=1S/C16H15N5O2/c1-10-2-4-11(5-3-10)6-12-7-13(20-19-12)14(22)8-15(23)16-17-9-18-21-16/h2-5,7-9,23H,6H2,1H3,(H,19,20)(H,17,18,21). The van der Waals surface area contributed by atoms with Crippen molar-refractivity contribution in [3.63, 3.8) is 0 Å². The van der Waals surface area contributed by atoms with E-state index in [0.29, 0.717) is 12.1 Å². The van der Waals surface area contributed by atoms with E-state index in [0.717, 1.165) is 17.3 Å². The molecule has 0 saturated heterocycles. The molecule has 0 spiro atoms. The van der Waals surface area contributed by atoms with Crippen molar-refractivity contribution in [1.82, 2.24) is 25.4 Å². The number of aromatic amines is 2. The Labute approximate surface area is 132 Å². The van der Waals surface area contributed by atoms with Crippen molar-refractivity contribution in [2.24, 2.45) is 0 Å². The zero-order valence-corrected chi connectivity index (χ0v) is 12.4. The number of ketones is 1. The van der Waals surface area contributed by atoms with Crippen LogP contribution in [0.1, 0.15) is 33.1 Å². The van der Waals surface area contributed by atoms with Crippen molar-refractivity contribution in [3.05, 3.63) is 71.1 Å². The number of benzene rings is 1. The summed E-state index contributed by atoms with van der Waals surface area (Å²) in [4.78, 5) is 15.9. The Hall–Kier alpha value is -3.22. The van der Waals surface area contributed by atoms with E-state index < -0.39 is 5.78 Å². The number of hydrogen-bond donors (Lipinski definition) is 3. The van der Waals surface area contributed by atoms with Crippen molar-refractivity contribution in [2.75, 3.05) is 0 Å². The maximum atomic E-state index is 12.1. The molecule has 7 nitrogen and oxygen atoms in total. The number of aliphatic hydroxyl groups is 1. The SMILES string of the molecule is Cc1ccc(Cc2cc(C(=O)C=C(O)c3nc[nH]n3)[nH]n2)cc1. The van der Waals surface area contributed by atoms with E-state index in [2.05, 4.69) is 25.4 Å². The Bertz CT molecular complexity index is 832. The molecular formula is C16H15N5O2. The summed E-state index contributed by atoms with van der Waals surface area (Å²) in [7, 11) is 0. The molecule has 3 aromatic rings. The second-order valence-electron chi connectivity index (χ2n) is 5.15. The summed E-state index contributed by atoms with van der Waals surface area (Å²) in [5.41, 5.74) is 3.36. The van der Waals surface area contributed by atoms with Gasteiger partial charge in [-0.05, 0) is 18.6 Å². The number of carbonyl (C=O) groups excluding carboxylic acids is 1. The quantitative estimate of drug-likeness (QED) is 0.380. The number of aliphatic hydroxyl groups excluding tert-OH is 1. The van der Waals surface area contributed by atoms with Crippen LogP contribution in [0.15, 0.2) is 42.7 Å². The average Bonchev–Trinajstić information content (AvgIpc) is 3.21. The van der Waals surface area contributed by atoms with Gasteiger partial charge in [-0.1, -0.05) is 29.8 Å². The maximum absolute atomic E-state index is 12.1. The minimum absolute atomic E-state index is 0.0674. The summed E-state index contributed by atoms with van der Waals surface area (Å²) in [6, 6.07) is 9.79. The van der Waals surface area contributed by atoms with E-state index in [1.807, 2.05) is 31.2 Å². The summed E-state index contributed by atoms with van der Waals surface area (Å²) < 4.78 is 0. The molecule has 0 bridgehead atoms. The molecule has 3 rings (SSSR count). The first-order chi connectivity index (χ1) is 11.1. The molecule has 3 N–H and O–H groups in total. The summed E-state index contributed by atoms with van der Waals surface area (Å²) in [6.45, 7) is 2.03. The van der Waals surface area contributed by atoms with Gasteiger partial charge in [-0.25, -0.2) is 4.98 Å². The van der Waals surface area contributed by atoms with Gasteiger partial charge in [0.05, 0.1) is 5.69 Å². The molecule has 23 heavy (non-hydrogen) atoms. The molecule has 0 fully saturated rings. The number of allylic oxidation sites excluding steroid dienone is 1. The lowest BCUT2D eigenvalue weighted by Gasteiger charge is -1.98. The number of nitrogens with one attached hydrogen (secondary N) is 2. The van der Waals surface area contributed by atoms with E-state index in [4.69, 9.17) is 0 Å². The van der Waals surface area contributed by atoms with E-state index in [1.54, 1.807) is 6.07 Å². The van der Waals surface area contributed by atoms with Gasteiger partial charge in [0.2, 0.25) is 11.6 Å². The van der Waals surface area contributed by atoms with Crippen molar-refractivity contribution in [1.29, 1.82) is 0 Å². The van der Waals surface area contributed by atoms with Crippen molar-refractivity contribution >= 4 is 11.5 Å². The maximum Gasteiger partial charge on any atom is 0.215 e. The van der Waals surface area contributed by atoms with Crippen LogP contribution >= 0.6 is 0 Å². The number of rotatable bonds is 5. The van der Waals surface area contributed by atoms with Gasteiger partial charge >= 0.3 is 0 Å². The highest BCUT2D eigenvalue weighted by molar-refractivity contribution is 6.06. The number of hydrogen-bond acceptors (Lipinski definition) is 5. The van der Waals surface area contributed by atoms with Crippen LogP contribution in [0, 0.1) is 6.92 Å². The number of H-pyrrole nitrogens is 2. The lowest BCUT2D eigenvalue weighted by Crippen LogP contribution is -1.98. The lowest BCUT2D eigenvalue weighted by molar-refractivity contribution is 0.104. The Kier molecular flexibility index (Phi) is 4.01. The Morgan fingerprint density at radius 3 is 2.74 bits per heavy atom. The van der Waals surface area contributed by atoms with E-state index in [9.17, 15) is 9.90 Å². The molecule has 0 saturated carbocycles. The van der Waals surface area contributed by atoms with Gasteiger partial charge in [-0.3, -0.25) is 15.0 Å². The van der Waals surface area contributed by atoms with Crippen molar-refractivity contribution in [3.8, 4) is 0 Å². The smallest absolute Gasteiger partial charge is 0.215 e. The third-order valence-corrected chi connectivity index (χ3v) is 3.31. The number of carbonyl (C=O) groups is 1. The normalized spacial score (nSPS) is 11.6. The van der Waals surface area contributed by atoms with Crippen LogP contribution in [0.3, 0.4) is 0 Å². The molecule has 0 amide bonds. The van der Waals surface area contributed by atoms with Crippen LogP contribution in [0.25, 0.3) is 5.76 Å². The minimum atomic E-state index is -0.394. The molecule has 1 aromatic carbocycles. The molecule has 0 aliphatic rings. The largest absolute Gasteiger partial charge is 0.504 e. The summed E-state index contributed by atoms with van der Waals surface area (Å²) in [5.74, 6) is -0.626. The highest BCUT2D eigenvalue weighted by Gasteiger charge is 2.11. The molecule has 0 aliphatic heterocycles. The van der Waals surface area contributed by atoms with Crippen molar-refractivity contribution in [2.45, 2.75) is 13.3 Å². The minimum Gasteiger partial charge on any atom is -0.504 e. The number of nitrogens with zero attached hydrogens (tertiary/aromatic N) is 3. The van der Waals surface area contributed by atoms with Gasteiger partial charge in [0.15, 0.2) is 5.76 Å². The third kappa shape index (κ3) is 3.52.